The van der Waals surface area contributed by atoms with Crippen molar-refractivity contribution in [2.45, 2.75) is 32.2 Å². The van der Waals surface area contributed by atoms with Crippen molar-refractivity contribution in [3.63, 3.8) is 0 Å². The van der Waals surface area contributed by atoms with E-state index in [0.29, 0.717) is 16.1 Å². The number of hydrogen-bond acceptors (Lipinski definition) is 3. The van der Waals surface area contributed by atoms with E-state index in [4.69, 9.17) is 11.6 Å². The lowest BCUT2D eigenvalue weighted by Crippen LogP contribution is -2.44. The summed E-state index contributed by atoms with van der Waals surface area (Å²) in [4.78, 5) is 19.4. The molecule has 0 bridgehead atoms. The van der Waals surface area contributed by atoms with Crippen LogP contribution in [0.4, 0.5) is 0 Å². The molecule has 0 spiro atoms. The van der Waals surface area contributed by atoms with E-state index in [1.807, 2.05) is 12.1 Å². The average Bonchev–Trinajstić information content (AvgIpc) is 2.57. The molecule has 2 heterocycles. The average molecular weight is 332 g/mol. The summed E-state index contributed by atoms with van der Waals surface area (Å²) in [5.74, 6) is -0.0562. The summed E-state index contributed by atoms with van der Waals surface area (Å²) in [6.45, 7) is 5.45. The lowest BCUT2D eigenvalue weighted by Gasteiger charge is -2.32. The number of fused-ring (bicyclic) bond motifs is 1. The molecule has 1 aromatic heterocycles. The Hall–Kier alpha value is -1.65. The van der Waals surface area contributed by atoms with E-state index in [-0.39, 0.29) is 11.9 Å². The molecule has 0 atom stereocenters. The highest BCUT2D eigenvalue weighted by Crippen LogP contribution is 2.25. The standard InChI is InChI=1S/C18H22ClN3O/c1-2-10-22-11-7-13(8-12-22)21-18(23)15-5-6-16(19)14-4-3-9-20-17(14)15/h3-6,9,13H,2,7-8,10-12H2,1H3,(H,21,23). The second-order valence-corrected chi connectivity index (χ2v) is 6.49. The summed E-state index contributed by atoms with van der Waals surface area (Å²) in [5.41, 5.74) is 1.27. The number of nitrogens with zero attached hydrogens (tertiary/aromatic N) is 2. The maximum atomic E-state index is 12.6. The summed E-state index contributed by atoms with van der Waals surface area (Å²) < 4.78 is 0. The summed E-state index contributed by atoms with van der Waals surface area (Å²) in [6.07, 6.45) is 4.88. The minimum atomic E-state index is -0.0562. The molecule has 1 N–H and O–H groups in total. The lowest BCUT2D eigenvalue weighted by atomic mass is 10.0. The first-order valence-corrected chi connectivity index (χ1v) is 8.63. The molecular weight excluding hydrogens is 310 g/mol. The number of carbonyl (C=O) groups is 1. The first-order valence-electron chi connectivity index (χ1n) is 8.25. The highest BCUT2D eigenvalue weighted by Gasteiger charge is 2.21. The van der Waals surface area contributed by atoms with Crippen LogP contribution in [0, 0.1) is 0 Å². The summed E-state index contributed by atoms with van der Waals surface area (Å²) in [6, 6.07) is 7.50. The predicted molar refractivity (Wildman–Crippen MR) is 94.0 cm³/mol. The third-order valence-corrected chi connectivity index (χ3v) is 4.75. The van der Waals surface area contributed by atoms with Gasteiger partial charge in [0.1, 0.15) is 0 Å². The van der Waals surface area contributed by atoms with Crippen LogP contribution in [0.25, 0.3) is 10.9 Å². The molecule has 0 saturated carbocycles. The summed E-state index contributed by atoms with van der Waals surface area (Å²) in [5, 5.41) is 4.60. The molecule has 23 heavy (non-hydrogen) atoms. The SMILES string of the molecule is CCCN1CCC(NC(=O)c2ccc(Cl)c3cccnc23)CC1. The Morgan fingerprint density at radius 2 is 2.13 bits per heavy atom. The molecule has 0 aliphatic carbocycles. The fourth-order valence-electron chi connectivity index (χ4n) is 3.20. The molecule has 0 radical (unpaired) electrons. The number of benzene rings is 1. The summed E-state index contributed by atoms with van der Waals surface area (Å²) >= 11 is 6.19. The number of piperidine rings is 1. The first kappa shape index (κ1) is 16.2. The number of pyridine rings is 1. The minimum Gasteiger partial charge on any atom is -0.349 e. The topological polar surface area (TPSA) is 45.2 Å². The van der Waals surface area contributed by atoms with Crippen molar-refractivity contribution < 1.29 is 4.79 Å². The van der Waals surface area contributed by atoms with Crippen LogP contribution in [0.2, 0.25) is 5.02 Å². The normalized spacial score (nSPS) is 16.6. The Morgan fingerprint density at radius 1 is 1.35 bits per heavy atom. The molecular formula is C18H22ClN3O. The molecule has 3 rings (SSSR count). The number of hydrogen-bond donors (Lipinski definition) is 1. The van der Waals surface area contributed by atoms with Crippen molar-refractivity contribution >= 4 is 28.4 Å². The molecule has 1 saturated heterocycles. The van der Waals surface area contributed by atoms with Gasteiger partial charge in [-0.3, -0.25) is 9.78 Å². The first-order chi connectivity index (χ1) is 11.2. The van der Waals surface area contributed by atoms with Crippen LogP contribution in [0.5, 0.6) is 0 Å². The van der Waals surface area contributed by atoms with Gasteiger partial charge in [0.05, 0.1) is 16.1 Å². The van der Waals surface area contributed by atoms with Crippen LogP contribution < -0.4 is 5.32 Å². The molecule has 4 nitrogen and oxygen atoms in total. The van der Waals surface area contributed by atoms with Crippen LogP contribution >= 0.6 is 11.6 Å². The van der Waals surface area contributed by atoms with Gasteiger partial charge in [-0.2, -0.15) is 0 Å². The van der Waals surface area contributed by atoms with Crippen molar-refractivity contribution in [1.29, 1.82) is 0 Å². The smallest absolute Gasteiger partial charge is 0.253 e. The zero-order valence-corrected chi connectivity index (χ0v) is 14.1. The maximum Gasteiger partial charge on any atom is 0.253 e. The zero-order valence-electron chi connectivity index (χ0n) is 13.4. The highest BCUT2D eigenvalue weighted by atomic mass is 35.5. The van der Waals surface area contributed by atoms with Crippen LogP contribution in [0.15, 0.2) is 30.5 Å². The van der Waals surface area contributed by atoms with Crippen molar-refractivity contribution in [3.8, 4) is 0 Å². The molecule has 1 aromatic carbocycles. The van der Waals surface area contributed by atoms with E-state index in [9.17, 15) is 4.79 Å². The number of nitrogens with one attached hydrogen (secondary N) is 1. The Labute approximate surface area is 141 Å². The van der Waals surface area contributed by atoms with E-state index < -0.39 is 0 Å². The van der Waals surface area contributed by atoms with E-state index in [0.717, 1.165) is 37.9 Å². The fourth-order valence-corrected chi connectivity index (χ4v) is 3.42. The van der Waals surface area contributed by atoms with Gasteiger partial charge in [-0.25, -0.2) is 0 Å². The largest absolute Gasteiger partial charge is 0.349 e. The number of carbonyl (C=O) groups excluding carboxylic acids is 1. The van der Waals surface area contributed by atoms with Gasteiger partial charge in [0.25, 0.3) is 5.91 Å². The molecule has 0 unspecified atom stereocenters. The summed E-state index contributed by atoms with van der Waals surface area (Å²) in [7, 11) is 0. The Kier molecular flexibility index (Phi) is 5.13. The van der Waals surface area contributed by atoms with Gasteiger partial charge >= 0.3 is 0 Å². The van der Waals surface area contributed by atoms with Gasteiger partial charge in [0, 0.05) is 30.7 Å². The van der Waals surface area contributed by atoms with E-state index >= 15 is 0 Å². The van der Waals surface area contributed by atoms with Crippen LogP contribution in [0.3, 0.4) is 0 Å². The highest BCUT2D eigenvalue weighted by molar-refractivity contribution is 6.36. The number of amides is 1. The predicted octanol–water partition coefficient (Wildman–Crippen LogP) is 3.49. The Balaban J connectivity index is 1.71. The second kappa shape index (κ2) is 7.28. The van der Waals surface area contributed by atoms with Gasteiger partial charge < -0.3 is 10.2 Å². The molecule has 1 aliphatic rings. The van der Waals surface area contributed by atoms with E-state index in [1.54, 1.807) is 18.3 Å². The number of halogens is 1. The van der Waals surface area contributed by atoms with Crippen molar-refractivity contribution in [1.82, 2.24) is 15.2 Å². The van der Waals surface area contributed by atoms with E-state index in [1.165, 1.54) is 6.42 Å². The third kappa shape index (κ3) is 3.65. The molecule has 5 heteroatoms. The zero-order chi connectivity index (χ0) is 16.2. The number of aromatic nitrogens is 1. The van der Waals surface area contributed by atoms with E-state index in [2.05, 4.69) is 22.1 Å². The Morgan fingerprint density at radius 3 is 2.87 bits per heavy atom. The molecule has 1 amide bonds. The van der Waals surface area contributed by atoms with Gasteiger partial charge in [0.2, 0.25) is 0 Å². The number of likely N-dealkylation sites (tertiary alicyclic amines) is 1. The Bertz CT molecular complexity index is 696. The third-order valence-electron chi connectivity index (χ3n) is 4.42. The minimum absolute atomic E-state index is 0.0562. The second-order valence-electron chi connectivity index (χ2n) is 6.08. The van der Waals surface area contributed by atoms with Crippen molar-refractivity contribution in [3.05, 3.63) is 41.0 Å². The van der Waals surface area contributed by atoms with Gasteiger partial charge in [-0.15, -0.1) is 0 Å². The van der Waals surface area contributed by atoms with Gasteiger partial charge in [0.15, 0.2) is 0 Å². The number of rotatable bonds is 4. The van der Waals surface area contributed by atoms with Crippen LogP contribution in [-0.2, 0) is 0 Å². The van der Waals surface area contributed by atoms with Gasteiger partial charge in [-0.05, 0) is 50.1 Å². The monoisotopic (exact) mass is 331 g/mol. The molecule has 1 aliphatic heterocycles. The molecule has 2 aromatic rings. The molecule has 122 valence electrons. The molecule has 1 fully saturated rings. The maximum absolute atomic E-state index is 12.6. The fraction of sp³-hybridized carbons (Fsp3) is 0.444. The van der Waals surface area contributed by atoms with Crippen molar-refractivity contribution in [2.75, 3.05) is 19.6 Å². The van der Waals surface area contributed by atoms with Crippen molar-refractivity contribution in [2.24, 2.45) is 0 Å². The lowest BCUT2D eigenvalue weighted by molar-refractivity contribution is 0.0912. The van der Waals surface area contributed by atoms with Crippen LogP contribution in [0.1, 0.15) is 36.5 Å². The quantitative estimate of drug-likeness (QED) is 0.932. The van der Waals surface area contributed by atoms with Gasteiger partial charge in [-0.1, -0.05) is 18.5 Å². The van der Waals surface area contributed by atoms with Crippen LogP contribution in [-0.4, -0.2) is 41.5 Å².